The molecule has 146 valence electrons. The van der Waals surface area contributed by atoms with Gasteiger partial charge in [-0.05, 0) is 42.8 Å². The van der Waals surface area contributed by atoms with Gasteiger partial charge >= 0.3 is 0 Å². The number of likely N-dealkylation sites (N-methyl/N-ethyl adjacent to an activating group) is 1. The smallest absolute Gasteiger partial charge is 0.257 e. The zero-order valence-corrected chi connectivity index (χ0v) is 16.4. The minimum Gasteiger partial charge on any atom is -0.493 e. The summed E-state index contributed by atoms with van der Waals surface area (Å²) in [7, 11) is 1.56. The summed E-state index contributed by atoms with van der Waals surface area (Å²) in [4.78, 5) is 20.1. The minimum absolute atomic E-state index is 0.0583. The summed E-state index contributed by atoms with van der Waals surface area (Å²) < 4.78 is 10.9. The van der Waals surface area contributed by atoms with E-state index >= 15 is 0 Å². The first kappa shape index (κ1) is 19.7. The van der Waals surface area contributed by atoms with E-state index in [0.717, 1.165) is 22.3 Å². The summed E-state index contributed by atoms with van der Waals surface area (Å²) in [6.45, 7) is 2.89. The molecule has 7 nitrogen and oxygen atoms in total. The Bertz CT molecular complexity index is 981. The van der Waals surface area contributed by atoms with Gasteiger partial charge in [0.15, 0.2) is 18.1 Å². The molecule has 2 aromatic carbocycles. The molecule has 28 heavy (non-hydrogen) atoms. The van der Waals surface area contributed by atoms with Crippen molar-refractivity contribution in [3.05, 3.63) is 53.3 Å². The van der Waals surface area contributed by atoms with Crippen LogP contribution in [0.2, 0.25) is 5.02 Å². The topological polar surface area (TPSA) is 85.4 Å². The second-order valence-electron chi connectivity index (χ2n) is 5.96. The van der Waals surface area contributed by atoms with Gasteiger partial charge in [0.25, 0.3) is 5.91 Å². The lowest BCUT2D eigenvalue weighted by Crippen LogP contribution is -2.28. The maximum Gasteiger partial charge on any atom is 0.257 e. The van der Waals surface area contributed by atoms with Crippen LogP contribution in [0.3, 0.4) is 0 Å². The molecule has 0 radical (unpaired) electrons. The molecule has 3 rings (SSSR count). The average molecular weight is 401 g/mol. The molecule has 0 aliphatic carbocycles. The summed E-state index contributed by atoms with van der Waals surface area (Å²) in [5.74, 6) is 1.62. The zero-order valence-electron chi connectivity index (χ0n) is 15.7. The highest BCUT2D eigenvalue weighted by Gasteiger charge is 2.09. The van der Waals surface area contributed by atoms with E-state index in [0.29, 0.717) is 29.6 Å². The number of nitrogens with zero attached hydrogens (tertiary/aromatic N) is 2. The van der Waals surface area contributed by atoms with E-state index in [9.17, 15) is 4.79 Å². The molecule has 8 heteroatoms. The number of amides is 1. The quantitative estimate of drug-likeness (QED) is 0.602. The Morgan fingerprint density at radius 3 is 2.79 bits per heavy atom. The van der Waals surface area contributed by atoms with E-state index in [1.807, 2.05) is 31.2 Å². The van der Waals surface area contributed by atoms with Crippen LogP contribution in [0.25, 0.3) is 10.9 Å². The third kappa shape index (κ3) is 4.80. The molecule has 1 aromatic heterocycles. The fourth-order valence-electron chi connectivity index (χ4n) is 2.69. The van der Waals surface area contributed by atoms with E-state index < -0.39 is 0 Å². The molecule has 1 amide bonds. The molecular formula is C20H21ClN4O3. The van der Waals surface area contributed by atoms with Crippen molar-refractivity contribution in [2.24, 2.45) is 0 Å². The molecule has 0 atom stereocenters. The first-order valence-corrected chi connectivity index (χ1v) is 9.19. The molecule has 2 N–H and O–H groups in total. The van der Waals surface area contributed by atoms with Gasteiger partial charge in [0.1, 0.15) is 12.1 Å². The summed E-state index contributed by atoms with van der Waals surface area (Å²) in [6.07, 6.45) is 1.50. The maximum atomic E-state index is 11.6. The van der Waals surface area contributed by atoms with Gasteiger partial charge in [-0.1, -0.05) is 17.7 Å². The predicted octanol–water partition coefficient (Wildman–Crippen LogP) is 3.42. The van der Waals surface area contributed by atoms with E-state index in [1.165, 1.54) is 6.33 Å². The number of halogens is 1. The van der Waals surface area contributed by atoms with Gasteiger partial charge in [0, 0.05) is 23.5 Å². The van der Waals surface area contributed by atoms with E-state index in [-0.39, 0.29) is 12.5 Å². The first-order chi connectivity index (χ1) is 13.6. The van der Waals surface area contributed by atoms with Gasteiger partial charge in [-0.3, -0.25) is 4.79 Å². The number of hydrogen-bond acceptors (Lipinski definition) is 6. The number of fused-ring (bicyclic) bond motifs is 1. The lowest BCUT2D eigenvalue weighted by Gasteiger charge is -2.13. The van der Waals surface area contributed by atoms with Gasteiger partial charge in [-0.15, -0.1) is 0 Å². The number of carbonyl (C=O) groups is 1. The van der Waals surface area contributed by atoms with Crippen LogP contribution in [0.5, 0.6) is 11.5 Å². The van der Waals surface area contributed by atoms with Crippen LogP contribution in [-0.2, 0) is 11.3 Å². The highest BCUT2D eigenvalue weighted by molar-refractivity contribution is 6.31. The first-order valence-electron chi connectivity index (χ1n) is 8.81. The second-order valence-corrected chi connectivity index (χ2v) is 6.40. The van der Waals surface area contributed by atoms with Gasteiger partial charge < -0.3 is 20.1 Å². The second kappa shape index (κ2) is 9.23. The normalized spacial score (nSPS) is 10.5. The Kier molecular flexibility index (Phi) is 6.49. The number of benzene rings is 2. The largest absolute Gasteiger partial charge is 0.493 e. The molecule has 0 fully saturated rings. The maximum absolute atomic E-state index is 11.6. The van der Waals surface area contributed by atoms with Crippen molar-refractivity contribution in [1.29, 1.82) is 0 Å². The van der Waals surface area contributed by atoms with Crippen LogP contribution in [0.4, 0.5) is 5.82 Å². The molecule has 0 bridgehead atoms. The van der Waals surface area contributed by atoms with Gasteiger partial charge in [-0.25, -0.2) is 9.97 Å². The number of methoxy groups -OCH3 is 1. The van der Waals surface area contributed by atoms with E-state index in [2.05, 4.69) is 20.6 Å². The molecule has 3 aromatic rings. The number of anilines is 1. The summed E-state index contributed by atoms with van der Waals surface area (Å²) in [5, 5.41) is 7.51. The van der Waals surface area contributed by atoms with E-state index in [1.54, 1.807) is 19.2 Å². The van der Waals surface area contributed by atoms with Crippen molar-refractivity contribution in [2.75, 3.05) is 25.6 Å². The Hall–Kier alpha value is -3.06. The average Bonchev–Trinajstić information content (AvgIpc) is 2.70. The number of aromatic nitrogens is 2. The standard InChI is InChI=1S/C20H21ClN4O3/c1-3-22-19(26)11-28-17-7-4-13(8-18(17)27-2)10-23-20-15-6-5-14(21)9-16(15)24-12-25-20/h4-9,12H,3,10-11H2,1-2H3,(H,22,26)(H,23,24,25). The van der Waals surface area contributed by atoms with Crippen LogP contribution in [0.15, 0.2) is 42.7 Å². The SMILES string of the molecule is CCNC(=O)COc1ccc(CNc2ncnc3cc(Cl)ccc23)cc1OC. The zero-order chi connectivity index (χ0) is 19.9. The summed E-state index contributed by atoms with van der Waals surface area (Å²) in [6, 6.07) is 11.0. The summed E-state index contributed by atoms with van der Waals surface area (Å²) in [5.41, 5.74) is 1.75. The lowest BCUT2D eigenvalue weighted by atomic mass is 10.2. The van der Waals surface area contributed by atoms with Crippen molar-refractivity contribution in [2.45, 2.75) is 13.5 Å². The van der Waals surface area contributed by atoms with E-state index in [4.69, 9.17) is 21.1 Å². The third-order valence-corrected chi connectivity index (χ3v) is 4.25. The molecule has 0 aliphatic rings. The molecule has 0 unspecified atom stereocenters. The van der Waals surface area contributed by atoms with Gasteiger partial charge in [-0.2, -0.15) is 0 Å². The number of nitrogens with one attached hydrogen (secondary N) is 2. The number of carbonyl (C=O) groups excluding carboxylic acids is 1. The molecular weight excluding hydrogens is 380 g/mol. The number of rotatable bonds is 8. The van der Waals surface area contributed by atoms with Gasteiger partial charge in [0.2, 0.25) is 0 Å². The Morgan fingerprint density at radius 1 is 1.14 bits per heavy atom. The fourth-order valence-corrected chi connectivity index (χ4v) is 2.86. The van der Waals surface area contributed by atoms with Gasteiger partial charge in [0.05, 0.1) is 12.6 Å². The van der Waals surface area contributed by atoms with Crippen molar-refractivity contribution in [1.82, 2.24) is 15.3 Å². The Morgan fingerprint density at radius 2 is 2.00 bits per heavy atom. The monoisotopic (exact) mass is 400 g/mol. The van der Waals surface area contributed by atoms with Crippen molar-refractivity contribution >= 4 is 34.2 Å². The van der Waals surface area contributed by atoms with Crippen molar-refractivity contribution < 1.29 is 14.3 Å². The molecule has 0 aliphatic heterocycles. The van der Waals surface area contributed by atoms with Crippen molar-refractivity contribution in [3.8, 4) is 11.5 Å². The number of hydrogen-bond donors (Lipinski definition) is 2. The van der Waals surface area contributed by atoms with Crippen LogP contribution < -0.4 is 20.1 Å². The predicted molar refractivity (Wildman–Crippen MR) is 109 cm³/mol. The third-order valence-electron chi connectivity index (χ3n) is 4.02. The number of ether oxygens (including phenoxy) is 2. The molecule has 0 saturated carbocycles. The van der Waals surface area contributed by atoms with Crippen LogP contribution in [0.1, 0.15) is 12.5 Å². The van der Waals surface area contributed by atoms with Crippen LogP contribution >= 0.6 is 11.6 Å². The molecule has 1 heterocycles. The summed E-state index contributed by atoms with van der Waals surface area (Å²) >= 11 is 6.02. The molecule has 0 spiro atoms. The Balaban J connectivity index is 1.70. The van der Waals surface area contributed by atoms with Crippen LogP contribution in [-0.4, -0.2) is 36.1 Å². The molecule has 0 saturated heterocycles. The highest BCUT2D eigenvalue weighted by atomic mass is 35.5. The van der Waals surface area contributed by atoms with Crippen LogP contribution in [0, 0.1) is 0 Å². The minimum atomic E-state index is -0.175. The fraction of sp³-hybridized carbons (Fsp3) is 0.250. The highest BCUT2D eigenvalue weighted by Crippen LogP contribution is 2.29. The lowest BCUT2D eigenvalue weighted by molar-refractivity contribution is -0.123. The van der Waals surface area contributed by atoms with Crippen molar-refractivity contribution in [3.63, 3.8) is 0 Å². The Labute approximate surface area is 168 Å².